The van der Waals surface area contributed by atoms with E-state index >= 15 is 0 Å². The Labute approximate surface area is 158 Å². The smallest absolute Gasteiger partial charge is 0.330 e. The number of aromatic amines is 1. The van der Waals surface area contributed by atoms with Gasteiger partial charge in [0.25, 0.3) is 0 Å². The minimum Gasteiger partial charge on any atom is -0.484 e. The first-order valence-electron chi connectivity index (χ1n) is 9.64. The van der Waals surface area contributed by atoms with Gasteiger partial charge in [-0.15, -0.1) is 0 Å². The number of aromatic nitrogens is 2. The van der Waals surface area contributed by atoms with Gasteiger partial charge in [0.2, 0.25) is 0 Å². The van der Waals surface area contributed by atoms with Gasteiger partial charge in [0.15, 0.2) is 0 Å². The first-order chi connectivity index (χ1) is 13.3. The number of H-pyrrole nitrogens is 1. The van der Waals surface area contributed by atoms with Gasteiger partial charge in [0, 0.05) is 18.5 Å². The lowest BCUT2D eigenvalue weighted by Gasteiger charge is -2.30. The number of hydrogen-bond acceptors (Lipinski definition) is 3. The molecule has 1 fully saturated rings. The second kappa shape index (κ2) is 6.74. The van der Waals surface area contributed by atoms with Crippen molar-refractivity contribution in [2.45, 2.75) is 31.4 Å². The fourth-order valence-corrected chi connectivity index (χ4v) is 4.45. The zero-order valence-electron chi connectivity index (χ0n) is 15.2. The summed E-state index contributed by atoms with van der Waals surface area (Å²) >= 11 is 0. The van der Waals surface area contributed by atoms with Gasteiger partial charge in [-0.3, -0.25) is 9.47 Å². The summed E-state index contributed by atoms with van der Waals surface area (Å²) in [5, 5.41) is 0. The maximum atomic E-state index is 11.9. The summed E-state index contributed by atoms with van der Waals surface area (Å²) in [6.07, 6.45) is 6.98. The van der Waals surface area contributed by atoms with Crippen LogP contribution in [0.25, 0.3) is 5.69 Å². The molecule has 138 valence electrons. The topological polar surface area (TPSA) is 50.3 Å². The van der Waals surface area contributed by atoms with E-state index in [0.29, 0.717) is 6.04 Å². The predicted octanol–water partition coefficient (Wildman–Crippen LogP) is 3.31. The maximum Gasteiger partial charge on any atom is 0.330 e. The second-order valence-electron chi connectivity index (χ2n) is 7.38. The number of nitrogens with zero attached hydrogens (tertiary/aromatic N) is 2. The average molecular weight is 361 g/mol. The molecule has 0 amide bonds. The van der Waals surface area contributed by atoms with E-state index < -0.39 is 0 Å². The lowest BCUT2D eigenvalue weighted by molar-refractivity contribution is 0.0941. The van der Waals surface area contributed by atoms with Crippen molar-refractivity contribution >= 4 is 0 Å². The average Bonchev–Trinajstić information content (AvgIpc) is 3.42. The van der Waals surface area contributed by atoms with Gasteiger partial charge in [-0.1, -0.05) is 30.3 Å². The van der Waals surface area contributed by atoms with Crippen LogP contribution in [0, 0.1) is 0 Å². The van der Waals surface area contributed by atoms with E-state index in [9.17, 15) is 4.79 Å². The summed E-state index contributed by atoms with van der Waals surface area (Å²) in [6.45, 7) is 2.30. The molecule has 2 aromatic carbocycles. The van der Waals surface area contributed by atoms with Crippen molar-refractivity contribution in [1.29, 1.82) is 0 Å². The Hall–Kier alpha value is -2.79. The van der Waals surface area contributed by atoms with Crippen molar-refractivity contribution in [1.82, 2.24) is 14.5 Å². The van der Waals surface area contributed by atoms with Crippen LogP contribution in [0.15, 0.2) is 65.7 Å². The minimum atomic E-state index is -0.145. The van der Waals surface area contributed by atoms with E-state index in [1.807, 2.05) is 24.3 Å². The van der Waals surface area contributed by atoms with Gasteiger partial charge >= 0.3 is 5.69 Å². The zero-order chi connectivity index (χ0) is 18.2. The number of hydrogen-bond donors (Lipinski definition) is 1. The molecule has 5 nitrogen and oxygen atoms in total. The summed E-state index contributed by atoms with van der Waals surface area (Å²) in [4.78, 5) is 17.2. The maximum absolute atomic E-state index is 11.9. The number of imidazole rings is 1. The number of nitrogens with one attached hydrogen (secondary N) is 1. The van der Waals surface area contributed by atoms with Crippen LogP contribution in [0.4, 0.5) is 0 Å². The molecule has 0 spiro atoms. The molecule has 1 aliphatic carbocycles. The number of ether oxygens (including phenoxy) is 1. The molecular weight excluding hydrogens is 338 g/mol. The Balaban J connectivity index is 1.47. The summed E-state index contributed by atoms with van der Waals surface area (Å²) < 4.78 is 8.13. The van der Waals surface area contributed by atoms with Gasteiger partial charge < -0.3 is 9.72 Å². The molecule has 0 unspecified atom stereocenters. The highest BCUT2D eigenvalue weighted by Gasteiger charge is 2.38. The molecule has 1 aromatic heterocycles. The summed E-state index contributed by atoms with van der Waals surface area (Å²) in [5.41, 5.74) is 3.34. The van der Waals surface area contributed by atoms with Crippen LogP contribution in [-0.2, 0) is 6.42 Å². The van der Waals surface area contributed by atoms with Crippen LogP contribution >= 0.6 is 0 Å². The van der Waals surface area contributed by atoms with E-state index in [1.54, 1.807) is 17.0 Å². The van der Waals surface area contributed by atoms with Crippen LogP contribution < -0.4 is 10.4 Å². The molecule has 1 aliphatic heterocycles. The summed E-state index contributed by atoms with van der Waals surface area (Å²) in [7, 11) is 0. The fourth-order valence-electron chi connectivity index (χ4n) is 4.45. The fraction of sp³-hybridized carbons (Fsp3) is 0.318. The van der Waals surface area contributed by atoms with Crippen LogP contribution in [0.2, 0.25) is 0 Å². The molecule has 2 aliphatic rings. The molecule has 1 saturated heterocycles. The Kier molecular flexibility index (Phi) is 4.09. The van der Waals surface area contributed by atoms with E-state index in [4.69, 9.17) is 4.74 Å². The first kappa shape index (κ1) is 16.4. The van der Waals surface area contributed by atoms with Gasteiger partial charge in [-0.25, -0.2) is 4.79 Å². The highest BCUT2D eigenvalue weighted by molar-refractivity contribution is 5.41. The van der Waals surface area contributed by atoms with E-state index in [1.165, 1.54) is 24.0 Å². The van der Waals surface area contributed by atoms with Crippen molar-refractivity contribution in [3.05, 3.63) is 82.5 Å². The second-order valence-corrected chi connectivity index (χ2v) is 7.38. The Morgan fingerprint density at radius 3 is 2.70 bits per heavy atom. The van der Waals surface area contributed by atoms with Gasteiger partial charge in [-0.05, 0) is 55.6 Å². The Morgan fingerprint density at radius 2 is 1.89 bits per heavy atom. The number of benzene rings is 2. The quantitative estimate of drug-likeness (QED) is 0.776. The van der Waals surface area contributed by atoms with E-state index in [2.05, 4.69) is 34.1 Å². The molecule has 27 heavy (non-hydrogen) atoms. The molecule has 2 atom stereocenters. The molecule has 0 saturated carbocycles. The van der Waals surface area contributed by atoms with E-state index in [0.717, 1.165) is 30.9 Å². The van der Waals surface area contributed by atoms with Gasteiger partial charge in [0.05, 0.1) is 11.7 Å². The molecule has 0 bridgehead atoms. The molecule has 3 aromatic rings. The lowest BCUT2D eigenvalue weighted by Crippen LogP contribution is -2.38. The lowest BCUT2D eigenvalue weighted by atomic mass is 10.1. The number of rotatable bonds is 4. The first-order valence-corrected chi connectivity index (χ1v) is 9.64. The molecular formula is C22H23N3O2. The monoisotopic (exact) mass is 361 g/mol. The number of likely N-dealkylation sites (tertiary alicyclic amines) is 1. The van der Waals surface area contributed by atoms with Crippen molar-refractivity contribution in [3.8, 4) is 11.4 Å². The molecule has 0 radical (unpaired) electrons. The highest BCUT2D eigenvalue weighted by atomic mass is 16.5. The summed E-state index contributed by atoms with van der Waals surface area (Å²) in [5.74, 6) is 0.798. The predicted molar refractivity (Wildman–Crippen MR) is 104 cm³/mol. The van der Waals surface area contributed by atoms with Gasteiger partial charge in [-0.2, -0.15) is 0 Å². The molecule has 5 rings (SSSR count). The number of fused-ring (bicyclic) bond motifs is 1. The highest BCUT2D eigenvalue weighted by Crippen LogP contribution is 2.39. The van der Waals surface area contributed by atoms with E-state index in [-0.39, 0.29) is 11.8 Å². The minimum absolute atomic E-state index is 0.0255. The van der Waals surface area contributed by atoms with Crippen molar-refractivity contribution < 1.29 is 4.74 Å². The van der Waals surface area contributed by atoms with Crippen molar-refractivity contribution in [2.24, 2.45) is 0 Å². The molecule has 5 heteroatoms. The van der Waals surface area contributed by atoms with Crippen LogP contribution in [-0.4, -0.2) is 33.6 Å². The molecule has 1 N–H and O–H groups in total. The standard InChI is InChI=1S/C22H23N3O2/c26-22-23-10-13-25(22)17-7-5-8-18(15-17)27-21-19-9-2-1-6-16(19)14-20(21)24-11-3-4-12-24/h1-2,5-10,13,15,20-21H,3-4,11-12,14H2,(H,23,26)/t20-,21-/m1/s1. The normalized spacial score (nSPS) is 22.1. The summed E-state index contributed by atoms with van der Waals surface area (Å²) in [6, 6.07) is 16.8. The van der Waals surface area contributed by atoms with Crippen LogP contribution in [0.5, 0.6) is 5.75 Å². The van der Waals surface area contributed by atoms with Crippen LogP contribution in [0.1, 0.15) is 30.1 Å². The third-order valence-corrected chi connectivity index (χ3v) is 5.76. The van der Waals surface area contributed by atoms with Crippen LogP contribution in [0.3, 0.4) is 0 Å². The third kappa shape index (κ3) is 2.98. The van der Waals surface area contributed by atoms with Crippen molar-refractivity contribution in [3.63, 3.8) is 0 Å². The SMILES string of the molecule is O=c1[nH]ccn1-c1cccc(O[C@@H]2c3ccccc3C[C@H]2N2CCCC2)c1. The van der Waals surface area contributed by atoms with Gasteiger partial charge in [0.1, 0.15) is 11.9 Å². The largest absolute Gasteiger partial charge is 0.484 e. The van der Waals surface area contributed by atoms with Crippen molar-refractivity contribution in [2.75, 3.05) is 13.1 Å². The Bertz CT molecular complexity index is 1000. The molecule has 2 heterocycles. The Morgan fingerprint density at radius 1 is 1.04 bits per heavy atom. The zero-order valence-corrected chi connectivity index (χ0v) is 15.2. The third-order valence-electron chi connectivity index (χ3n) is 5.76.